The van der Waals surface area contributed by atoms with Crippen molar-refractivity contribution in [2.75, 3.05) is 13.4 Å². The molecule has 0 aliphatic carbocycles. The quantitative estimate of drug-likeness (QED) is 0.255. The number of Topliss-reactive ketones (excluding diaryl/α,β-unsaturated/α-hetero) is 1. The van der Waals surface area contributed by atoms with Crippen LogP contribution in [0.2, 0.25) is 0 Å². The summed E-state index contributed by atoms with van der Waals surface area (Å²) in [6, 6.07) is 19.2. The molecule has 1 N–H and O–H groups in total. The number of aliphatic carboxylic acids is 1. The van der Waals surface area contributed by atoms with Gasteiger partial charge in [-0.15, -0.1) is 0 Å². The molecule has 0 aromatic heterocycles. The minimum Gasteiger partial charge on any atom is -0.480 e. The molecule has 154 valence electrons. The Hall–Kier alpha value is -2.83. The third-order valence-corrected chi connectivity index (χ3v) is 4.39. The van der Waals surface area contributed by atoms with E-state index in [1.54, 1.807) is 6.92 Å². The van der Waals surface area contributed by atoms with Crippen molar-refractivity contribution in [1.29, 1.82) is 0 Å². The highest BCUT2D eigenvalue weighted by molar-refractivity contribution is 6.18. The molecule has 0 spiro atoms. The van der Waals surface area contributed by atoms with Crippen LogP contribution in [0.5, 0.6) is 0 Å². The highest BCUT2D eigenvalue weighted by Crippen LogP contribution is 2.15. The largest absolute Gasteiger partial charge is 0.480 e. The molecule has 2 unspecified atom stereocenters. The molecular weight excluding hydrogens is 370 g/mol. The molecule has 2 atom stereocenters. The summed E-state index contributed by atoms with van der Waals surface area (Å²) in [4.78, 5) is 28.1. The van der Waals surface area contributed by atoms with Crippen molar-refractivity contribution in [3.63, 3.8) is 0 Å². The molecule has 2 rings (SSSR count). The summed E-state index contributed by atoms with van der Waals surface area (Å²) < 4.78 is 11.0. The summed E-state index contributed by atoms with van der Waals surface area (Å²) >= 11 is 0. The Morgan fingerprint density at radius 3 is 2.10 bits per heavy atom. The lowest BCUT2D eigenvalue weighted by Crippen LogP contribution is -2.36. The van der Waals surface area contributed by atoms with Gasteiger partial charge in [-0.05, 0) is 18.1 Å². The van der Waals surface area contributed by atoms with Gasteiger partial charge >= 0.3 is 5.97 Å². The van der Waals surface area contributed by atoms with E-state index < -0.39 is 17.7 Å². The summed E-state index contributed by atoms with van der Waals surface area (Å²) in [7, 11) is 0. The predicted molar refractivity (Wildman–Crippen MR) is 111 cm³/mol. The van der Waals surface area contributed by atoms with Gasteiger partial charge in [0.05, 0.1) is 19.8 Å². The molecule has 0 aliphatic heterocycles. The van der Waals surface area contributed by atoms with Gasteiger partial charge < -0.3 is 14.6 Å². The monoisotopic (exact) mass is 397 g/mol. The molecule has 0 saturated heterocycles. The van der Waals surface area contributed by atoms with E-state index in [-0.39, 0.29) is 19.3 Å². The maximum atomic E-state index is 11.9. The number of carbonyl (C=O) groups is 2. The van der Waals surface area contributed by atoms with Crippen LogP contribution in [0.15, 0.2) is 65.7 Å². The van der Waals surface area contributed by atoms with E-state index in [1.165, 1.54) is 6.92 Å². The number of carbonyl (C=O) groups excluding carboxylic acids is 1. The van der Waals surface area contributed by atoms with E-state index in [4.69, 9.17) is 9.47 Å². The Balaban J connectivity index is 1.97. The van der Waals surface area contributed by atoms with Crippen molar-refractivity contribution >= 4 is 17.5 Å². The molecule has 0 fully saturated rings. The van der Waals surface area contributed by atoms with Gasteiger partial charge in [0.2, 0.25) is 0 Å². The van der Waals surface area contributed by atoms with Gasteiger partial charge in [0, 0.05) is 11.6 Å². The minimum atomic E-state index is -1.28. The van der Waals surface area contributed by atoms with E-state index in [0.717, 1.165) is 11.1 Å². The fraction of sp³-hybridized carbons (Fsp3) is 0.348. The normalized spacial score (nSPS) is 13.7. The van der Waals surface area contributed by atoms with Crippen LogP contribution in [0.1, 0.15) is 25.0 Å². The summed E-state index contributed by atoms with van der Waals surface area (Å²) in [6.45, 7) is 4.09. The van der Waals surface area contributed by atoms with Crippen LogP contribution >= 0.6 is 0 Å². The molecule has 2 aromatic rings. The summed E-state index contributed by atoms with van der Waals surface area (Å²) in [5.41, 5.74) is 2.30. The topological polar surface area (TPSA) is 85.2 Å². The second-order valence-corrected chi connectivity index (χ2v) is 6.83. The Bertz CT molecular complexity index is 791. The van der Waals surface area contributed by atoms with E-state index in [1.807, 2.05) is 60.7 Å². The average Bonchev–Trinajstić information content (AvgIpc) is 2.71. The molecule has 0 amide bonds. The average molecular weight is 397 g/mol. The minimum absolute atomic E-state index is 0.0724. The van der Waals surface area contributed by atoms with E-state index >= 15 is 0 Å². The number of benzene rings is 2. The van der Waals surface area contributed by atoms with Crippen LogP contribution in [-0.2, 0) is 32.2 Å². The van der Waals surface area contributed by atoms with E-state index in [9.17, 15) is 14.7 Å². The van der Waals surface area contributed by atoms with Crippen LogP contribution in [0.3, 0.4) is 0 Å². The molecule has 0 heterocycles. The van der Waals surface area contributed by atoms with Crippen molar-refractivity contribution in [3.05, 3.63) is 71.8 Å². The first-order valence-electron chi connectivity index (χ1n) is 9.50. The predicted octanol–water partition coefficient (Wildman–Crippen LogP) is 3.74. The van der Waals surface area contributed by atoms with Crippen molar-refractivity contribution in [2.24, 2.45) is 16.8 Å². The number of ketones is 1. The summed E-state index contributed by atoms with van der Waals surface area (Å²) in [5.74, 6) is -3.26. The van der Waals surface area contributed by atoms with E-state index in [0.29, 0.717) is 18.9 Å². The first-order chi connectivity index (χ1) is 14.0. The third-order valence-electron chi connectivity index (χ3n) is 4.39. The SMILES string of the molecule is CC(=O)C(C(=O)O)C(=NCc1ccccc1)C(C)COCOCc1ccccc1. The molecule has 0 bridgehead atoms. The van der Waals surface area contributed by atoms with Crippen LogP contribution in [0, 0.1) is 11.8 Å². The number of nitrogens with zero attached hydrogens (tertiary/aromatic N) is 1. The fourth-order valence-electron chi connectivity index (χ4n) is 2.91. The highest BCUT2D eigenvalue weighted by Gasteiger charge is 2.32. The van der Waals surface area contributed by atoms with Gasteiger partial charge in [0.1, 0.15) is 12.6 Å². The van der Waals surface area contributed by atoms with Crippen LogP contribution in [-0.4, -0.2) is 36.0 Å². The standard InChI is InChI=1S/C23H27NO5/c1-17(14-28-16-29-15-20-11-7-4-8-12-20)22(21(18(2)25)23(26)27)24-13-19-9-5-3-6-10-19/h3-12,17,21H,13-16H2,1-2H3,(H,26,27). The van der Waals surface area contributed by atoms with Gasteiger partial charge in [-0.25, -0.2) is 0 Å². The first-order valence-corrected chi connectivity index (χ1v) is 9.50. The maximum Gasteiger partial charge on any atom is 0.319 e. The van der Waals surface area contributed by atoms with Crippen molar-refractivity contribution in [3.8, 4) is 0 Å². The van der Waals surface area contributed by atoms with Crippen LogP contribution in [0.4, 0.5) is 0 Å². The maximum absolute atomic E-state index is 11.9. The lowest BCUT2D eigenvalue weighted by molar-refractivity contribution is -0.142. The molecule has 0 saturated carbocycles. The lowest BCUT2D eigenvalue weighted by atomic mass is 9.90. The number of hydrogen-bond acceptors (Lipinski definition) is 5. The van der Waals surface area contributed by atoms with E-state index in [2.05, 4.69) is 4.99 Å². The molecule has 6 heteroatoms. The van der Waals surface area contributed by atoms with Gasteiger partial charge in [-0.3, -0.25) is 14.6 Å². The van der Waals surface area contributed by atoms with Crippen molar-refractivity contribution < 1.29 is 24.2 Å². The second-order valence-electron chi connectivity index (χ2n) is 6.83. The lowest BCUT2D eigenvalue weighted by Gasteiger charge is -2.20. The molecule has 0 radical (unpaired) electrons. The number of carboxylic acid groups (broad SMARTS) is 1. The van der Waals surface area contributed by atoms with Gasteiger partial charge in [-0.1, -0.05) is 67.6 Å². The third kappa shape index (κ3) is 7.60. The summed E-state index contributed by atoms with van der Waals surface area (Å²) in [5, 5.41) is 9.53. The van der Waals surface area contributed by atoms with Gasteiger partial charge in [0.25, 0.3) is 0 Å². The van der Waals surface area contributed by atoms with Crippen molar-refractivity contribution in [2.45, 2.75) is 27.0 Å². The molecule has 6 nitrogen and oxygen atoms in total. The smallest absolute Gasteiger partial charge is 0.319 e. The number of rotatable bonds is 12. The Labute approximate surface area is 171 Å². The molecule has 0 aliphatic rings. The highest BCUT2D eigenvalue weighted by atomic mass is 16.7. The van der Waals surface area contributed by atoms with Gasteiger partial charge in [0.15, 0.2) is 5.92 Å². The van der Waals surface area contributed by atoms with Crippen LogP contribution < -0.4 is 0 Å². The van der Waals surface area contributed by atoms with Crippen molar-refractivity contribution in [1.82, 2.24) is 0 Å². The molecular formula is C23H27NO5. The van der Waals surface area contributed by atoms with Gasteiger partial charge in [-0.2, -0.15) is 0 Å². The number of carboxylic acids is 1. The Kier molecular flexibility index (Phi) is 9.21. The first kappa shape index (κ1) is 22.5. The number of hydrogen-bond donors (Lipinski definition) is 1. The Morgan fingerprint density at radius 1 is 0.966 bits per heavy atom. The molecule has 2 aromatic carbocycles. The zero-order valence-corrected chi connectivity index (χ0v) is 16.8. The zero-order chi connectivity index (χ0) is 21.1. The number of ether oxygens (including phenoxy) is 2. The number of aliphatic imine (C=N–C) groups is 1. The molecule has 29 heavy (non-hydrogen) atoms. The summed E-state index contributed by atoms with van der Waals surface area (Å²) in [6.07, 6.45) is 0. The fourth-order valence-corrected chi connectivity index (χ4v) is 2.91. The second kappa shape index (κ2) is 11.9. The van der Waals surface area contributed by atoms with Crippen LogP contribution in [0.25, 0.3) is 0 Å². The zero-order valence-electron chi connectivity index (χ0n) is 16.8. The Morgan fingerprint density at radius 2 is 1.55 bits per heavy atom.